The van der Waals surface area contributed by atoms with Crippen molar-refractivity contribution in [3.8, 4) is 11.5 Å². The third-order valence-electron chi connectivity index (χ3n) is 6.92. The summed E-state index contributed by atoms with van der Waals surface area (Å²) in [6.45, 7) is 5.88. The van der Waals surface area contributed by atoms with Crippen molar-refractivity contribution in [2.24, 2.45) is 5.92 Å². The topological polar surface area (TPSA) is 43.8 Å². The van der Waals surface area contributed by atoms with Gasteiger partial charge in [-0.2, -0.15) is 0 Å². The lowest BCUT2D eigenvalue weighted by molar-refractivity contribution is -0.150. The quantitative estimate of drug-likeness (QED) is 0.777. The average molecular weight is 395 g/mol. The van der Waals surface area contributed by atoms with Gasteiger partial charge in [-0.25, -0.2) is 0 Å². The molecule has 2 atom stereocenters. The molecule has 2 saturated heterocycles. The predicted octanol–water partition coefficient (Wildman–Crippen LogP) is 4.29. The van der Waals surface area contributed by atoms with Crippen molar-refractivity contribution >= 4 is 0 Å². The zero-order valence-corrected chi connectivity index (χ0v) is 17.4. The molecule has 0 bridgehead atoms. The first-order chi connectivity index (χ1) is 14.2. The summed E-state index contributed by atoms with van der Waals surface area (Å²) in [5, 5.41) is 0. The van der Waals surface area contributed by atoms with Crippen LogP contribution in [0.5, 0.6) is 11.5 Å². The number of aromatic nitrogens is 1. The molecule has 0 amide bonds. The highest BCUT2D eigenvalue weighted by Gasteiger charge is 2.53. The molecular weight excluding hydrogens is 364 g/mol. The first-order valence-corrected chi connectivity index (χ1v) is 10.8. The van der Waals surface area contributed by atoms with Crippen molar-refractivity contribution in [1.82, 2.24) is 9.88 Å². The van der Waals surface area contributed by atoms with Gasteiger partial charge in [0.25, 0.3) is 0 Å². The van der Waals surface area contributed by atoms with Gasteiger partial charge in [0.1, 0.15) is 5.60 Å². The molecule has 29 heavy (non-hydrogen) atoms. The summed E-state index contributed by atoms with van der Waals surface area (Å²) in [6, 6.07) is 10.5. The number of ether oxygens (including phenoxy) is 3. The van der Waals surface area contributed by atoms with Gasteiger partial charge in [0.05, 0.1) is 13.2 Å². The van der Waals surface area contributed by atoms with E-state index in [0.717, 1.165) is 68.3 Å². The van der Waals surface area contributed by atoms with Gasteiger partial charge in [0, 0.05) is 62.5 Å². The maximum Gasteiger partial charge on any atom is 0.167 e. The molecule has 0 radical (unpaired) electrons. The Kier molecular flexibility index (Phi) is 4.96. The van der Waals surface area contributed by atoms with Gasteiger partial charge >= 0.3 is 0 Å². The Balaban J connectivity index is 1.38. The lowest BCUT2D eigenvalue weighted by atomic mass is 9.70. The van der Waals surface area contributed by atoms with Crippen LogP contribution < -0.4 is 9.47 Å². The highest BCUT2D eigenvalue weighted by Crippen LogP contribution is 2.55. The Labute approximate surface area is 173 Å². The van der Waals surface area contributed by atoms with Crippen LogP contribution in [0.15, 0.2) is 36.5 Å². The van der Waals surface area contributed by atoms with Gasteiger partial charge in [-0.15, -0.1) is 0 Å². The standard InChI is InChI=1S/C24H30N2O3/c1-17-8-9-18(15-25-17)16-26-12-10-24(11-13-26)20-6-4-14-28-22(20)19-5-3-7-21(27-2)23(19)29-24/h3,5,7-9,15,20,22H,4,6,10-14,16H2,1-2H3/t20-,22+/m0/s1. The predicted molar refractivity (Wildman–Crippen MR) is 111 cm³/mol. The minimum absolute atomic E-state index is 0.121. The second kappa shape index (κ2) is 7.62. The van der Waals surface area contributed by atoms with Crippen LogP contribution in [-0.4, -0.2) is 42.3 Å². The summed E-state index contributed by atoms with van der Waals surface area (Å²) in [6.07, 6.45) is 6.45. The third-order valence-corrected chi connectivity index (χ3v) is 6.92. The number of para-hydroxylation sites is 1. The van der Waals surface area contributed by atoms with E-state index in [1.165, 1.54) is 12.0 Å². The molecule has 0 N–H and O–H groups in total. The second-order valence-corrected chi connectivity index (χ2v) is 8.67. The molecule has 1 aromatic carbocycles. The lowest BCUT2D eigenvalue weighted by Gasteiger charge is -2.53. The smallest absolute Gasteiger partial charge is 0.167 e. The van der Waals surface area contributed by atoms with E-state index in [-0.39, 0.29) is 11.7 Å². The van der Waals surface area contributed by atoms with E-state index in [2.05, 4.69) is 28.1 Å². The van der Waals surface area contributed by atoms with Crippen molar-refractivity contribution in [1.29, 1.82) is 0 Å². The molecule has 5 heteroatoms. The number of benzene rings is 1. The number of aryl methyl sites for hydroxylation is 1. The van der Waals surface area contributed by atoms with Gasteiger partial charge < -0.3 is 14.2 Å². The monoisotopic (exact) mass is 394 g/mol. The molecule has 2 aromatic rings. The Morgan fingerprint density at radius 2 is 2.07 bits per heavy atom. The average Bonchev–Trinajstić information content (AvgIpc) is 2.77. The Morgan fingerprint density at radius 1 is 1.21 bits per heavy atom. The first-order valence-electron chi connectivity index (χ1n) is 10.8. The fraction of sp³-hybridized carbons (Fsp3) is 0.542. The molecule has 5 rings (SSSR count). The minimum Gasteiger partial charge on any atom is -0.493 e. The summed E-state index contributed by atoms with van der Waals surface area (Å²) in [7, 11) is 1.72. The molecular formula is C24H30N2O3. The number of hydrogen-bond acceptors (Lipinski definition) is 5. The van der Waals surface area contributed by atoms with Gasteiger partial charge in [-0.1, -0.05) is 18.2 Å². The molecule has 4 heterocycles. The summed E-state index contributed by atoms with van der Waals surface area (Å²) in [5.74, 6) is 2.14. The van der Waals surface area contributed by atoms with Crippen LogP contribution in [0.25, 0.3) is 0 Å². The van der Waals surface area contributed by atoms with E-state index in [4.69, 9.17) is 14.2 Å². The number of hydrogen-bond donors (Lipinski definition) is 0. The van der Waals surface area contributed by atoms with E-state index >= 15 is 0 Å². The van der Waals surface area contributed by atoms with E-state index in [0.29, 0.717) is 5.92 Å². The fourth-order valence-electron chi connectivity index (χ4n) is 5.34. The van der Waals surface area contributed by atoms with E-state index in [1.54, 1.807) is 7.11 Å². The van der Waals surface area contributed by atoms with Gasteiger partial charge in [0.15, 0.2) is 11.5 Å². The van der Waals surface area contributed by atoms with Crippen molar-refractivity contribution in [3.63, 3.8) is 0 Å². The van der Waals surface area contributed by atoms with Crippen LogP contribution in [-0.2, 0) is 11.3 Å². The summed E-state index contributed by atoms with van der Waals surface area (Å²) < 4.78 is 18.8. The van der Waals surface area contributed by atoms with Crippen LogP contribution >= 0.6 is 0 Å². The molecule has 5 nitrogen and oxygen atoms in total. The second-order valence-electron chi connectivity index (χ2n) is 8.67. The number of pyridine rings is 1. The largest absolute Gasteiger partial charge is 0.493 e. The zero-order chi connectivity index (χ0) is 19.8. The maximum atomic E-state index is 6.82. The van der Waals surface area contributed by atoms with Gasteiger partial charge in [-0.05, 0) is 37.5 Å². The van der Waals surface area contributed by atoms with Crippen molar-refractivity contribution in [2.45, 2.75) is 50.9 Å². The van der Waals surface area contributed by atoms with E-state index in [1.807, 2.05) is 25.3 Å². The molecule has 1 spiro atoms. The fourth-order valence-corrected chi connectivity index (χ4v) is 5.34. The Bertz CT molecular complexity index is 859. The van der Waals surface area contributed by atoms with Crippen molar-refractivity contribution in [3.05, 3.63) is 53.3 Å². The van der Waals surface area contributed by atoms with Gasteiger partial charge in [-0.3, -0.25) is 9.88 Å². The Hall–Kier alpha value is -2.11. The van der Waals surface area contributed by atoms with E-state index in [9.17, 15) is 0 Å². The Morgan fingerprint density at radius 3 is 2.83 bits per heavy atom. The molecule has 1 aromatic heterocycles. The first kappa shape index (κ1) is 18.9. The van der Waals surface area contributed by atoms with E-state index < -0.39 is 0 Å². The number of likely N-dealkylation sites (tertiary alicyclic amines) is 1. The van der Waals surface area contributed by atoms with Crippen LogP contribution in [0.4, 0.5) is 0 Å². The third kappa shape index (κ3) is 3.40. The van der Waals surface area contributed by atoms with Crippen LogP contribution in [0.1, 0.15) is 48.6 Å². The summed E-state index contributed by atoms with van der Waals surface area (Å²) in [4.78, 5) is 6.97. The number of nitrogens with zero attached hydrogens (tertiary/aromatic N) is 2. The normalized spacial score (nSPS) is 25.7. The van der Waals surface area contributed by atoms with Crippen LogP contribution in [0.2, 0.25) is 0 Å². The van der Waals surface area contributed by atoms with Crippen LogP contribution in [0, 0.1) is 12.8 Å². The zero-order valence-electron chi connectivity index (χ0n) is 17.4. The lowest BCUT2D eigenvalue weighted by Crippen LogP contribution is -2.57. The molecule has 2 fully saturated rings. The molecule has 0 saturated carbocycles. The minimum atomic E-state index is -0.158. The number of rotatable bonds is 3. The van der Waals surface area contributed by atoms with Crippen molar-refractivity contribution < 1.29 is 14.2 Å². The number of methoxy groups -OCH3 is 1. The molecule has 154 valence electrons. The molecule has 3 aliphatic rings. The summed E-state index contributed by atoms with van der Waals surface area (Å²) in [5.41, 5.74) is 3.35. The SMILES string of the molecule is COc1cccc2c1OC1(CCN(Cc3ccc(C)nc3)CC1)[C@H]1CCCO[C@H]21. The molecule has 0 aliphatic carbocycles. The molecule has 3 aliphatic heterocycles. The highest BCUT2D eigenvalue weighted by atomic mass is 16.5. The van der Waals surface area contributed by atoms with Crippen molar-refractivity contribution in [2.75, 3.05) is 26.8 Å². The number of piperidine rings is 1. The maximum absolute atomic E-state index is 6.82. The number of fused-ring (bicyclic) bond motifs is 4. The highest BCUT2D eigenvalue weighted by molar-refractivity contribution is 5.50. The van der Waals surface area contributed by atoms with Gasteiger partial charge in [0.2, 0.25) is 0 Å². The molecule has 0 unspecified atom stereocenters. The van der Waals surface area contributed by atoms with Crippen LogP contribution in [0.3, 0.4) is 0 Å². The summed E-state index contributed by atoms with van der Waals surface area (Å²) >= 11 is 0.